The zero-order valence-corrected chi connectivity index (χ0v) is 24.3. The van der Waals surface area contributed by atoms with Crippen LogP contribution in [0.4, 0.5) is 0 Å². The van der Waals surface area contributed by atoms with Gasteiger partial charge in [-0.05, 0) is 49.3 Å². The predicted octanol–water partition coefficient (Wildman–Crippen LogP) is 6.15. The summed E-state index contributed by atoms with van der Waals surface area (Å²) in [5.74, 6) is 2.78. The second-order valence-electron chi connectivity index (χ2n) is 9.66. The van der Waals surface area contributed by atoms with E-state index < -0.39 is 0 Å². The Hall–Kier alpha value is -0.740. The van der Waals surface area contributed by atoms with Gasteiger partial charge in [0.1, 0.15) is 18.1 Å². The SMILES string of the molecule is CCCCCCCCCCSCCCCCCCCCCC[n+]1ccn(-c2ccccc2)c1.[Br-]. The lowest BCUT2D eigenvalue weighted by atomic mass is 10.1. The number of hydrogen-bond acceptors (Lipinski definition) is 1. The predicted molar refractivity (Wildman–Crippen MR) is 147 cm³/mol. The summed E-state index contributed by atoms with van der Waals surface area (Å²) in [6.45, 7) is 3.43. The molecule has 1 aromatic heterocycles. The van der Waals surface area contributed by atoms with Crippen LogP contribution >= 0.6 is 11.8 Å². The van der Waals surface area contributed by atoms with Crippen LogP contribution in [0, 0.1) is 0 Å². The van der Waals surface area contributed by atoms with E-state index in [2.05, 4.69) is 76.9 Å². The first-order valence-electron chi connectivity index (χ1n) is 14.1. The van der Waals surface area contributed by atoms with Crippen molar-refractivity contribution < 1.29 is 21.5 Å². The van der Waals surface area contributed by atoms with Crippen molar-refractivity contribution in [1.29, 1.82) is 0 Å². The molecule has 0 N–H and O–H groups in total. The maximum Gasteiger partial charge on any atom is 0.248 e. The van der Waals surface area contributed by atoms with Crippen LogP contribution in [-0.4, -0.2) is 16.1 Å². The number of unbranched alkanes of at least 4 members (excludes halogenated alkanes) is 15. The van der Waals surface area contributed by atoms with Crippen molar-refractivity contribution in [2.24, 2.45) is 0 Å². The van der Waals surface area contributed by atoms with E-state index in [1.165, 1.54) is 126 Å². The summed E-state index contributed by atoms with van der Waals surface area (Å²) >= 11 is 2.20. The Morgan fingerprint density at radius 2 is 1.15 bits per heavy atom. The second kappa shape index (κ2) is 22.7. The monoisotopic (exact) mass is 550 g/mol. The number of nitrogens with zero attached hydrogens (tertiary/aromatic N) is 2. The molecule has 1 aromatic carbocycles. The van der Waals surface area contributed by atoms with E-state index in [-0.39, 0.29) is 17.0 Å². The molecule has 0 bridgehead atoms. The molecule has 0 spiro atoms. The van der Waals surface area contributed by atoms with Crippen molar-refractivity contribution in [3.05, 3.63) is 49.1 Å². The molecule has 0 radical (unpaired) electrons. The van der Waals surface area contributed by atoms with Gasteiger partial charge in [-0.15, -0.1) is 0 Å². The first-order chi connectivity index (χ1) is 16.4. The van der Waals surface area contributed by atoms with E-state index in [0.717, 1.165) is 6.54 Å². The van der Waals surface area contributed by atoms with Gasteiger partial charge in [0.2, 0.25) is 6.33 Å². The van der Waals surface area contributed by atoms with E-state index in [4.69, 9.17) is 0 Å². The van der Waals surface area contributed by atoms with Crippen molar-refractivity contribution >= 4 is 11.8 Å². The summed E-state index contributed by atoms with van der Waals surface area (Å²) in [7, 11) is 0. The zero-order chi connectivity index (χ0) is 23.2. The van der Waals surface area contributed by atoms with E-state index in [9.17, 15) is 0 Å². The lowest BCUT2D eigenvalue weighted by Gasteiger charge is -2.04. The Labute approximate surface area is 226 Å². The van der Waals surface area contributed by atoms with E-state index in [1.807, 2.05) is 0 Å². The molecular weight excluding hydrogens is 500 g/mol. The van der Waals surface area contributed by atoms with Crippen molar-refractivity contribution in [3.8, 4) is 5.69 Å². The molecule has 2 aromatic rings. The van der Waals surface area contributed by atoms with Gasteiger partial charge in [0, 0.05) is 0 Å². The minimum Gasteiger partial charge on any atom is -1.00 e. The molecule has 4 heteroatoms. The summed E-state index contributed by atoms with van der Waals surface area (Å²) in [5.41, 5.74) is 1.23. The van der Waals surface area contributed by atoms with Crippen LogP contribution in [0.5, 0.6) is 0 Å². The third-order valence-corrected chi connectivity index (χ3v) is 7.75. The molecule has 2 nitrogen and oxygen atoms in total. The van der Waals surface area contributed by atoms with Crippen molar-refractivity contribution in [2.75, 3.05) is 11.5 Å². The fraction of sp³-hybridized carbons (Fsp3) is 0.700. The lowest BCUT2D eigenvalue weighted by Crippen LogP contribution is -3.00. The molecule has 0 atom stereocenters. The fourth-order valence-corrected chi connectivity index (χ4v) is 5.48. The number of benzene rings is 1. The Morgan fingerprint density at radius 3 is 1.71 bits per heavy atom. The highest BCUT2D eigenvalue weighted by molar-refractivity contribution is 7.99. The van der Waals surface area contributed by atoms with Crippen molar-refractivity contribution in [1.82, 2.24) is 4.57 Å². The molecule has 1 heterocycles. The van der Waals surface area contributed by atoms with Gasteiger partial charge < -0.3 is 17.0 Å². The number of aromatic nitrogens is 2. The van der Waals surface area contributed by atoms with E-state index in [0.29, 0.717) is 0 Å². The number of thioether (sulfide) groups is 1. The Balaban J connectivity index is 0.00000578. The molecule has 0 amide bonds. The van der Waals surface area contributed by atoms with Crippen LogP contribution in [0.25, 0.3) is 5.69 Å². The maximum atomic E-state index is 2.32. The molecule has 0 saturated heterocycles. The second-order valence-corrected chi connectivity index (χ2v) is 10.9. The van der Waals surface area contributed by atoms with Crippen LogP contribution in [0.2, 0.25) is 0 Å². The van der Waals surface area contributed by atoms with E-state index in [1.54, 1.807) is 0 Å². The van der Waals surface area contributed by atoms with Gasteiger partial charge in [-0.25, -0.2) is 9.13 Å². The zero-order valence-electron chi connectivity index (χ0n) is 21.9. The summed E-state index contributed by atoms with van der Waals surface area (Å²) in [6, 6.07) is 10.6. The third kappa shape index (κ3) is 16.0. The number of halogens is 1. The first-order valence-corrected chi connectivity index (χ1v) is 15.3. The minimum atomic E-state index is 0. The first kappa shape index (κ1) is 31.3. The molecule has 0 aliphatic rings. The summed E-state index contributed by atoms with van der Waals surface area (Å²) in [4.78, 5) is 0. The molecule has 0 unspecified atom stereocenters. The highest BCUT2D eigenvalue weighted by atomic mass is 79.9. The standard InChI is InChI=1S/C30H51N2S.BrH/c1-2-3-4-5-6-11-14-20-27-33-28-21-15-12-9-7-8-10-13-19-24-31-25-26-32(29-31)30-22-17-16-18-23-30;/h16-18,22-23,25-26,29H,2-15,19-21,24,27-28H2,1H3;1H/q+1;/p-1. The summed E-state index contributed by atoms with van der Waals surface area (Å²) in [5, 5.41) is 0. The smallest absolute Gasteiger partial charge is 0.248 e. The topological polar surface area (TPSA) is 8.81 Å². The van der Waals surface area contributed by atoms with Crippen LogP contribution < -0.4 is 21.5 Å². The number of aryl methyl sites for hydroxylation is 1. The molecule has 0 aliphatic carbocycles. The van der Waals surface area contributed by atoms with Crippen LogP contribution in [-0.2, 0) is 6.54 Å². The molecule has 34 heavy (non-hydrogen) atoms. The molecule has 194 valence electrons. The molecule has 0 saturated carbocycles. The Bertz CT molecular complexity index is 673. The van der Waals surface area contributed by atoms with Crippen LogP contribution in [0.1, 0.15) is 116 Å². The van der Waals surface area contributed by atoms with Crippen LogP contribution in [0.15, 0.2) is 49.1 Å². The fourth-order valence-electron chi connectivity index (χ4n) is 4.46. The van der Waals surface area contributed by atoms with Gasteiger partial charge in [-0.2, -0.15) is 11.8 Å². The largest absolute Gasteiger partial charge is 1.00 e. The van der Waals surface area contributed by atoms with Gasteiger partial charge in [-0.3, -0.25) is 0 Å². The Morgan fingerprint density at radius 1 is 0.647 bits per heavy atom. The lowest BCUT2D eigenvalue weighted by molar-refractivity contribution is -0.696. The summed E-state index contributed by atoms with van der Waals surface area (Å²) < 4.78 is 4.52. The highest BCUT2D eigenvalue weighted by Crippen LogP contribution is 2.14. The average molecular weight is 552 g/mol. The van der Waals surface area contributed by atoms with Crippen molar-refractivity contribution in [2.45, 2.75) is 123 Å². The van der Waals surface area contributed by atoms with Gasteiger partial charge >= 0.3 is 0 Å². The molecule has 0 fully saturated rings. The molecule has 2 rings (SSSR count). The Kier molecular flexibility index (Phi) is 20.9. The van der Waals surface area contributed by atoms with Crippen LogP contribution in [0.3, 0.4) is 0 Å². The van der Waals surface area contributed by atoms with Gasteiger partial charge in [0.25, 0.3) is 0 Å². The molecular formula is C30H51BrN2S. The van der Waals surface area contributed by atoms with Crippen molar-refractivity contribution in [3.63, 3.8) is 0 Å². The van der Waals surface area contributed by atoms with Gasteiger partial charge in [-0.1, -0.05) is 109 Å². The minimum absolute atomic E-state index is 0. The maximum absolute atomic E-state index is 2.32. The van der Waals surface area contributed by atoms with Gasteiger partial charge in [0.15, 0.2) is 0 Å². The average Bonchev–Trinajstić information content (AvgIpc) is 3.32. The highest BCUT2D eigenvalue weighted by Gasteiger charge is 2.05. The number of rotatable bonds is 22. The number of imidazole rings is 1. The number of para-hydroxylation sites is 1. The normalized spacial score (nSPS) is 11.0. The molecule has 0 aliphatic heterocycles. The van der Waals surface area contributed by atoms with Gasteiger partial charge in [0.05, 0.1) is 6.54 Å². The van der Waals surface area contributed by atoms with E-state index >= 15 is 0 Å². The third-order valence-electron chi connectivity index (χ3n) is 6.59. The number of hydrogen-bond donors (Lipinski definition) is 0. The quantitative estimate of drug-likeness (QED) is 0.126. The summed E-state index contributed by atoms with van der Waals surface area (Å²) in [6.07, 6.45) is 30.8.